The Kier molecular flexibility index (Phi) is 7.06. The quantitative estimate of drug-likeness (QED) is 0.129. The Balaban J connectivity index is 1.36. The van der Waals surface area contributed by atoms with Gasteiger partial charge in [-0.25, -0.2) is 0 Å². The van der Waals surface area contributed by atoms with E-state index in [4.69, 9.17) is 0 Å². The molecule has 0 nitrogen and oxygen atoms in total. The standard InChI is InChI=1S/C52H30/c1-3-13-35(14-4-1)25-27-39-33-49(45-23-11-19-37-17-7-9-21-41(37)45)47-31-32-48-50(46-24-12-20-38-18-8-10-22-42(38)46)34-40(28-26-36-15-5-2-6-16-36)44-30-29-43(39)51(47)52(44)48/h1-24,29-34H. The highest BCUT2D eigenvalue weighted by Gasteiger charge is 2.20. The van der Waals surface area contributed by atoms with Gasteiger partial charge in [0.15, 0.2) is 0 Å². The molecule has 0 aromatic heterocycles. The molecule has 0 bridgehead atoms. The molecule has 52 heavy (non-hydrogen) atoms. The van der Waals surface area contributed by atoms with Gasteiger partial charge in [0.25, 0.3) is 0 Å². The first kappa shape index (κ1) is 29.8. The predicted molar refractivity (Wildman–Crippen MR) is 221 cm³/mol. The van der Waals surface area contributed by atoms with Crippen molar-refractivity contribution in [3.05, 3.63) is 204 Å². The minimum atomic E-state index is 0.997. The summed E-state index contributed by atoms with van der Waals surface area (Å²) in [6.07, 6.45) is 0. The van der Waals surface area contributed by atoms with Crippen LogP contribution in [0.15, 0.2) is 182 Å². The molecule has 0 N–H and O–H groups in total. The second kappa shape index (κ2) is 12.3. The third-order valence-electron chi connectivity index (χ3n) is 10.3. The van der Waals surface area contributed by atoms with Crippen LogP contribution in [0.1, 0.15) is 22.3 Å². The van der Waals surface area contributed by atoms with Crippen molar-refractivity contribution >= 4 is 53.9 Å². The zero-order valence-electron chi connectivity index (χ0n) is 28.3. The first-order valence-corrected chi connectivity index (χ1v) is 17.7. The fourth-order valence-electron chi connectivity index (χ4n) is 7.89. The summed E-state index contributed by atoms with van der Waals surface area (Å²) in [5.74, 6) is 14.2. The van der Waals surface area contributed by atoms with Gasteiger partial charge in [-0.3, -0.25) is 0 Å². The Morgan fingerprint density at radius 3 is 1.10 bits per heavy atom. The molecule has 0 spiro atoms. The van der Waals surface area contributed by atoms with Crippen LogP contribution in [0.2, 0.25) is 0 Å². The van der Waals surface area contributed by atoms with E-state index in [-0.39, 0.29) is 0 Å². The number of hydrogen-bond donors (Lipinski definition) is 0. The molecule has 0 aliphatic rings. The van der Waals surface area contributed by atoms with Crippen LogP contribution in [0.4, 0.5) is 0 Å². The minimum absolute atomic E-state index is 0.997. The lowest BCUT2D eigenvalue weighted by Gasteiger charge is -2.20. The summed E-state index contributed by atoms with van der Waals surface area (Å²) in [5.41, 5.74) is 8.80. The molecule has 0 heterocycles. The maximum absolute atomic E-state index is 3.63. The van der Waals surface area contributed by atoms with E-state index in [1.54, 1.807) is 0 Å². The molecule has 0 aliphatic carbocycles. The van der Waals surface area contributed by atoms with Crippen LogP contribution in [0.5, 0.6) is 0 Å². The lowest BCUT2D eigenvalue weighted by molar-refractivity contribution is 1.64. The molecular formula is C52H30. The Hall–Kier alpha value is -7.12. The maximum Gasteiger partial charge on any atom is 0.0334 e. The summed E-state index contributed by atoms with van der Waals surface area (Å²) in [6, 6.07) is 64.9. The van der Waals surface area contributed by atoms with Gasteiger partial charge in [-0.1, -0.05) is 169 Å². The smallest absolute Gasteiger partial charge is 0.0334 e. The summed E-state index contributed by atoms with van der Waals surface area (Å²) in [7, 11) is 0. The lowest BCUT2D eigenvalue weighted by atomic mass is 9.83. The molecule has 10 rings (SSSR count). The predicted octanol–water partition coefficient (Wildman–Crippen LogP) is 13.0. The van der Waals surface area contributed by atoms with Crippen molar-refractivity contribution in [1.82, 2.24) is 0 Å². The van der Waals surface area contributed by atoms with Gasteiger partial charge < -0.3 is 0 Å². The van der Waals surface area contributed by atoms with Crippen LogP contribution in [0.3, 0.4) is 0 Å². The topological polar surface area (TPSA) is 0 Å². The monoisotopic (exact) mass is 654 g/mol. The van der Waals surface area contributed by atoms with Gasteiger partial charge in [-0.15, -0.1) is 0 Å². The van der Waals surface area contributed by atoms with Crippen LogP contribution in [0, 0.1) is 23.7 Å². The molecule has 10 aromatic rings. The minimum Gasteiger partial charge on any atom is -0.0622 e. The molecule has 0 fully saturated rings. The van der Waals surface area contributed by atoms with Crippen molar-refractivity contribution in [3.63, 3.8) is 0 Å². The third-order valence-corrected chi connectivity index (χ3v) is 10.3. The second-order valence-corrected chi connectivity index (χ2v) is 13.3. The Morgan fingerprint density at radius 2 is 0.635 bits per heavy atom. The van der Waals surface area contributed by atoms with Gasteiger partial charge in [-0.2, -0.15) is 0 Å². The average Bonchev–Trinajstić information content (AvgIpc) is 3.22. The Morgan fingerprint density at radius 1 is 0.250 bits per heavy atom. The van der Waals surface area contributed by atoms with Gasteiger partial charge in [0.2, 0.25) is 0 Å². The van der Waals surface area contributed by atoms with E-state index >= 15 is 0 Å². The van der Waals surface area contributed by atoms with E-state index in [1.165, 1.54) is 65.3 Å². The van der Waals surface area contributed by atoms with Crippen molar-refractivity contribution in [2.45, 2.75) is 0 Å². The number of hydrogen-bond acceptors (Lipinski definition) is 0. The number of rotatable bonds is 2. The van der Waals surface area contributed by atoms with Crippen molar-refractivity contribution in [2.24, 2.45) is 0 Å². The molecule has 0 aliphatic heterocycles. The van der Waals surface area contributed by atoms with Crippen LogP contribution in [-0.4, -0.2) is 0 Å². The third kappa shape index (κ3) is 4.98. The zero-order chi connectivity index (χ0) is 34.4. The van der Waals surface area contributed by atoms with E-state index < -0.39 is 0 Å². The second-order valence-electron chi connectivity index (χ2n) is 13.3. The number of benzene rings is 10. The molecular weight excluding hydrogens is 625 g/mol. The maximum atomic E-state index is 3.63. The highest BCUT2D eigenvalue weighted by molar-refractivity contribution is 6.30. The summed E-state index contributed by atoms with van der Waals surface area (Å²) in [6.45, 7) is 0. The molecule has 0 unspecified atom stereocenters. The Labute approximate surface area is 303 Å². The summed E-state index contributed by atoms with van der Waals surface area (Å²) in [4.78, 5) is 0. The molecule has 0 radical (unpaired) electrons. The summed E-state index contributed by atoms with van der Waals surface area (Å²) < 4.78 is 0. The fraction of sp³-hybridized carbons (Fsp3) is 0. The molecule has 0 saturated carbocycles. The van der Waals surface area contributed by atoms with Gasteiger partial charge in [0, 0.05) is 22.3 Å². The average molecular weight is 655 g/mol. The van der Waals surface area contributed by atoms with E-state index in [0.717, 1.165) is 33.0 Å². The molecule has 0 amide bonds. The van der Waals surface area contributed by atoms with Crippen molar-refractivity contribution in [1.29, 1.82) is 0 Å². The van der Waals surface area contributed by atoms with E-state index in [9.17, 15) is 0 Å². The molecule has 10 aromatic carbocycles. The normalized spacial score (nSPS) is 11.2. The zero-order valence-corrected chi connectivity index (χ0v) is 28.3. The van der Waals surface area contributed by atoms with Crippen LogP contribution in [0.25, 0.3) is 76.1 Å². The van der Waals surface area contributed by atoms with E-state index in [1.807, 2.05) is 36.4 Å². The largest absolute Gasteiger partial charge is 0.0622 e. The van der Waals surface area contributed by atoms with Crippen LogP contribution >= 0.6 is 0 Å². The van der Waals surface area contributed by atoms with Crippen molar-refractivity contribution in [3.8, 4) is 45.9 Å². The van der Waals surface area contributed by atoms with Gasteiger partial charge in [0.05, 0.1) is 0 Å². The molecule has 0 atom stereocenters. The highest BCUT2D eigenvalue weighted by Crippen LogP contribution is 2.46. The van der Waals surface area contributed by atoms with Gasteiger partial charge in [-0.05, 0) is 113 Å². The summed E-state index contributed by atoms with van der Waals surface area (Å²) >= 11 is 0. The van der Waals surface area contributed by atoms with E-state index in [0.29, 0.717) is 0 Å². The first-order chi connectivity index (χ1) is 25.8. The van der Waals surface area contributed by atoms with Gasteiger partial charge in [0.1, 0.15) is 0 Å². The Bertz CT molecular complexity index is 2880. The van der Waals surface area contributed by atoms with Crippen LogP contribution < -0.4 is 0 Å². The van der Waals surface area contributed by atoms with Crippen molar-refractivity contribution < 1.29 is 0 Å². The van der Waals surface area contributed by atoms with Crippen LogP contribution in [-0.2, 0) is 0 Å². The van der Waals surface area contributed by atoms with Gasteiger partial charge >= 0.3 is 0 Å². The fourth-order valence-corrected chi connectivity index (χ4v) is 7.89. The first-order valence-electron chi connectivity index (χ1n) is 17.7. The highest BCUT2D eigenvalue weighted by atomic mass is 14.2. The number of fused-ring (bicyclic) bond motifs is 2. The lowest BCUT2D eigenvalue weighted by Crippen LogP contribution is -1.95. The van der Waals surface area contributed by atoms with Crippen molar-refractivity contribution in [2.75, 3.05) is 0 Å². The van der Waals surface area contributed by atoms with E-state index in [2.05, 4.69) is 169 Å². The molecule has 0 heteroatoms. The SMILES string of the molecule is C(#Cc1cc(-c2cccc3ccccc23)c2ccc3c(-c4cccc5ccccc45)cc(C#Cc4ccccc4)c4ccc1c2c43)c1ccccc1. The summed E-state index contributed by atoms with van der Waals surface area (Å²) in [5, 5.41) is 12.1. The molecule has 238 valence electrons. The molecule has 0 saturated heterocycles.